The smallest absolute Gasteiger partial charge is 0.351 e. The van der Waals surface area contributed by atoms with Gasteiger partial charge >= 0.3 is 5.97 Å². The maximum atomic E-state index is 12.3. The monoisotopic (exact) mass is 440 g/mol. The number of hydrogen-bond donors (Lipinski definition) is 0. The molecule has 1 rings (SSSR count). The van der Waals surface area contributed by atoms with Gasteiger partial charge in [-0.15, -0.1) is 0 Å². The largest absolute Gasteiger partial charge is 0.463 e. The van der Waals surface area contributed by atoms with Crippen molar-refractivity contribution in [3.63, 3.8) is 0 Å². The Morgan fingerprint density at radius 3 is 2.19 bits per heavy atom. The molecular weight excluding hydrogens is 418 g/mol. The van der Waals surface area contributed by atoms with Crippen molar-refractivity contribution in [2.45, 2.75) is 63.8 Å². The highest BCUT2D eigenvalue weighted by atomic mass is 35.5. The molecule has 26 heavy (non-hydrogen) atoms. The number of halogens is 4. The molecular formula is C18H24Cl4N2O2. The van der Waals surface area contributed by atoms with Crippen LogP contribution in [0.3, 0.4) is 0 Å². The number of carbonyl (C=O) groups is 1. The number of azo groups is 1. The van der Waals surface area contributed by atoms with Crippen LogP contribution < -0.4 is 0 Å². The van der Waals surface area contributed by atoms with E-state index in [-0.39, 0.29) is 22.2 Å². The second-order valence-electron chi connectivity index (χ2n) is 5.93. The zero-order valence-electron chi connectivity index (χ0n) is 15.0. The average molecular weight is 442 g/mol. The van der Waals surface area contributed by atoms with E-state index in [0.29, 0.717) is 11.6 Å². The molecule has 0 saturated heterocycles. The minimum atomic E-state index is -1.60. The fourth-order valence-corrected chi connectivity index (χ4v) is 3.16. The molecule has 0 aromatic heterocycles. The summed E-state index contributed by atoms with van der Waals surface area (Å²) >= 11 is 24.3. The standard InChI is InChI=1S/C18H24Cl4N2O2/c1-3-5-6-7-8-9-10-26-17(25)18(22,4-2)24-23-16-14(20)11-13(19)12-15(16)21/h11-12H,3-10H2,1-2H3. The van der Waals surface area contributed by atoms with Gasteiger partial charge in [0.1, 0.15) is 5.69 Å². The quantitative estimate of drug-likeness (QED) is 0.115. The Hall–Kier alpha value is -0.550. The lowest BCUT2D eigenvalue weighted by atomic mass is 10.1. The summed E-state index contributed by atoms with van der Waals surface area (Å²) in [5.41, 5.74) is 0.208. The maximum absolute atomic E-state index is 12.3. The summed E-state index contributed by atoms with van der Waals surface area (Å²) in [6.07, 6.45) is 6.82. The van der Waals surface area contributed by atoms with Crippen molar-refractivity contribution in [2.24, 2.45) is 10.2 Å². The van der Waals surface area contributed by atoms with Crippen LogP contribution in [0.25, 0.3) is 0 Å². The van der Waals surface area contributed by atoms with Gasteiger partial charge in [0, 0.05) is 5.02 Å². The summed E-state index contributed by atoms with van der Waals surface area (Å²) < 4.78 is 5.26. The SMILES string of the molecule is CCCCCCCCOC(=O)C(Cl)(CC)N=Nc1c(Cl)cc(Cl)cc1Cl. The van der Waals surface area contributed by atoms with Gasteiger partial charge in [0.05, 0.1) is 16.7 Å². The van der Waals surface area contributed by atoms with Gasteiger partial charge in [-0.25, -0.2) is 4.79 Å². The Kier molecular flexibility index (Phi) is 10.9. The Balaban J connectivity index is 2.63. The first-order valence-electron chi connectivity index (χ1n) is 8.77. The lowest BCUT2D eigenvalue weighted by Gasteiger charge is -2.18. The first-order chi connectivity index (χ1) is 12.3. The van der Waals surface area contributed by atoms with E-state index < -0.39 is 11.0 Å². The number of unbranched alkanes of at least 4 members (excludes halogenated alkanes) is 5. The highest BCUT2D eigenvalue weighted by Gasteiger charge is 2.36. The van der Waals surface area contributed by atoms with Crippen molar-refractivity contribution in [3.8, 4) is 0 Å². The first kappa shape index (κ1) is 23.5. The van der Waals surface area contributed by atoms with Crippen LogP contribution in [-0.2, 0) is 9.53 Å². The molecule has 0 N–H and O–H groups in total. The summed E-state index contributed by atoms with van der Waals surface area (Å²) in [4.78, 5) is 10.7. The summed E-state index contributed by atoms with van der Waals surface area (Å²) in [7, 11) is 0. The number of esters is 1. The van der Waals surface area contributed by atoms with Crippen molar-refractivity contribution in [1.29, 1.82) is 0 Å². The fourth-order valence-electron chi connectivity index (χ4n) is 2.17. The molecule has 0 fully saturated rings. The van der Waals surface area contributed by atoms with E-state index in [9.17, 15) is 4.79 Å². The molecule has 8 heteroatoms. The Bertz CT molecular complexity index is 602. The third-order valence-electron chi connectivity index (χ3n) is 3.80. The van der Waals surface area contributed by atoms with E-state index in [0.717, 1.165) is 19.3 Å². The van der Waals surface area contributed by atoms with Crippen LogP contribution in [-0.4, -0.2) is 17.6 Å². The molecule has 0 aliphatic carbocycles. The molecule has 1 atom stereocenters. The van der Waals surface area contributed by atoms with Crippen LogP contribution in [0.1, 0.15) is 58.8 Å². The molecule has 1 unspecified atom stereocenters. The van der Waals surface area contributed by atoms with E-state index in [1.165, 1.54) is 31.4 Å². The number of rotatable bonds is 11. The van der Waals surface area contributed by atoms with Gasteiger partial charge in [-0.05, 0) is 25.0 Å². The minimum absolute atomic E-state index is 0.208. The number of hydrogen-bond acceptors (Lipinski definition) is 4. The Labute approximate surface area is 175 Å². The zero-order chi connectivity index (χ0) is 19.6. The van der Waals surface area contributed by atoms with Crippen molar-refractivity contribution >= 4 is 58.1 Å². The number of carbonyl (C=O) groups excluding carboxylic acids is 1. The topological polar surface area (TPSA) is 51.0 Å². The molecule has 0 aliphatic rings. The number of benzene rings is 1. The predicted octanol–water partition coefficient (Wildman–Crippen LogP) is 7.98. The van der Waals surface area contributed by atoms with Crippen LogP contribution in [0, 0.1) is 0 Å². The molecule has 4 nitrogen and oxygen atoms in total. The summed E-state index contributed by atoms with van der Waals surface area (Å²) in [5.74, 6) is -0.625. The minimum Gasteiger partial charge on any atom is -0.463 e. The predicted molar refractivity (Wildman–Crippen MR) is 109 cm³/mol. The summed E-state index contributed by atoms with van der Waals surface area (Å²) in [5, 5.41) is 8.72. The molecule has 146 valence electrons. The number of ether oxygens (including phenoxy) is 1. The fraction of sp³-hybridized carbons (Fsp3) is 0.611. The second kappa shape index (κ2) is 12.0. The average Bonchev–Trinajstić information content (AvgIpc) is 2.59. The van der Waals surface area contributed by atoms with Gasteiger partial charge in [-0.2, -0.15) is 10.2 Å². The molecule has 1 aromatic carbocycles. The van der Waals surface area contributed by atoms with Gasteiger partial charge in [0.25, 0.3) is 5.00 Å². The molecule has 0 radical (unpaired) electrons. The van der Waals surface area contributed by atoms with Gasteiger partial charge < -0.3 is 4.74 Å². The van der Waals surface area contributed by atoms with Crippen LogP contribution in [0.4, 0.5) is 5.69 Å². The van der Waals surface area contributed by atoms with Gasteiger partial charge in [0.15, 0.2) is 0 Å². The maximum Gasteiger partial charge on any atom is 0.351 e. The third-order valence-corrected chi connectivity index (χ3v) is 5.09. The number of alkyl halides is 1. The van der Waals surface area contributed by atoms with E-state index in [1.807, 2.05) is 0 Å². The Morgan fingerprint density at radius 2 is 1.62 bits per heavy atom. The van der Waals surface area contributed by atoms with Crippen molar-refractivity contribution in [1.82, 2.24) is 0 Å². The van der Waals surface area contributed by atoms with E-state index in [1.54, 1.807) is 6.92 Å². The van der Waals surface area contributed by atoms with Crippen molar-refractivity contribution < 1.29 is 9.53 Å². The molecule has 0 heterocycles. The van der Waals surface area contributed by atoms with Crippen molar-refractivity contribution in [3.05, 3.63) is 27.2 Å². The van der Waals surface area contributed by atoms with Crippen LogP contribution in [0.5, 0.6) is 0 Å². The summed E-state index contributed by atoms with van der Waals surface area (Å²) in [6, 6.07) is 2.98. The highest BCUT2D eigenvalue weighted by molar-refractivity contribution is 6.41. The van der Waals surface area contributed by atoms with Crippen LogP contribution in [0.2, 0.25) is 15.1 Å². The normalized spacial score (nSPS) is 13.8. The molecule has 0 saturated carbocycles. The Morgan fingerprint density at radius 1 is 1.04 bits per heavy atom. The van der Waals surface area contributed by atoms with E-state index >= 15 is 0 Å². The van der Waals surface area contributed by atoms with Gasteiger partial charge in [-0.3, -0.25) is 0 Å². The van der Waals surface area contributed by atoms with Crippen LogP contribution in [0.15, 0.2) is 22.4 Å². The number of nitrogens with zero attached hydrogens (tertiary/aromatic N) is 2. The lowest BCUT2D eigenvalue weighted by molar-refractivity contribution is -0.147. The third kappa shape index (κ3) is 7.59. The molecule has 0 spiro atoms. The van der Waals surface area contributed by atoms with Crippen LogP contribution >= 0.6 is 46.4 Å². The first-order valence-corrected chi connectivity index (χ1v) is 10.3. The lowest BCUT2D eigenvalue weighted by Crippen LogP contribution is -2.31. The zero-order valence-corrected chi connectivity index (χ0v) is 18.1. The molecule has 0 amide bonds. The molecule has 0 aliphatic heterocycles. The molecule has 0 bridgehead atoms. The second-order valence-corrected chi connectivity index (χ2v) is 7.81. The molecule has 1 aromatic rings. The van der Waals surface area contributed by atoms with E-state index in [2.05, 4.69) is 17.2 Å². The summed E-state index contributed by atoms with van der Waals surface area (Å²) in [6.45, 7) is 4.21. The van der Waals surface area contributed by atoms with Gasteiger partial charge in [-0.1, -0.05) is 92.4 Å². The highest BCUT2D eigenvalue weighted by Crippen LogP contribution is 2.37. The van der Waals surface area contributed by atoms with Gasteiger partial charge in [0.2, 0.25) is 0 Å². The van der Waals surface area contributed by atoms with Crippen molar-refractivity contribution in [2.75, 3.05) is 6.61 Å². The van der Waals surface area contributed by atoms with E-state index in [4.69, 9.17) is 51.1 Å².